The van der Waals surface area contributed by atoms with Gasteiger partial charge in [0.05, 0.1) is 10.9 Å². The second-order valence-corrected chi connectivity index (χ2v) is 6.50. The zero-order valence-electron chi connectivity index (χ0n) is 13.3. The zero-order valence-corrected chi connectivity index (χ0v) is 14.1. The number of aromatic nitrogens is 4. The van der Waals surface area contributed by atoms with Crippen LogP contribution in [0.15, 0.2) is 23.4 Å². The van der Waals surface area contributed by atoms with Crippen LogP contribution in [-0.2, 0) is 4.79 Å². The molecule has 2 aromatic rings. The number of benzene rings is 1. The van der Waals surface area contributed by atoms with Crippen molar-refractivity contribution in [2.75, 3.05) is 6.54 Å². The van der Waals surface area contributed by atoms with Crippen LogP contribution >= 0.6 is 11.8 Å². The van der Waals surface area contributed by atoms with Gasteiger partial charge in [0.2, 0.25) is 11.1 Å². The first-order valence-electron chi connectivity index (χ1n) is 7.33. The van der Waals surface area contributed by atoms with Crippen LogP contribution in [0.1, 0.15) is 31.4 Å². The Bertz CT molecular complexity index is 655. The molecule has 1 aromatic heterocycles. The molecule has 1 atom stereocenters. The lowest BCUT2D eigenvalue weighted by molar-refractivity contribution is -0.120. The maximum Gasteiger partial charge on any atom is 0.233 e. The quantitative estimate of drug-likeness (QED) is 0.827. The van der Waals surface area contributed by atoms with Gasteiger partial charge in [-0.2, -0.15) is 4.68 Å². The molecule has 0 saturated heterocycles. The summed E-state index contributed by atoms with van der Waals surface area (Å²) >= 11 is 1.36. The van der Waals surface area contributed by atoms with E-state index < -0.39 is 0 Å². The monoisotopic (exact) mass is 319 g/mol. The van der Waals surface area contributed by atoms with E-state index in [9.17, 15) is 4.79 Å². The fourth-order valence-electron chi connectivity index (χ4n) is 1.88. The van der Waals surface area contributed by atoms with Gasteiger partial charge in [0.25, 0.3) is 0 Å². The third-order valence-corrected chi connectivity index (χ3v) is 4.41. The highest BCUT2D eigenvalue weighted by Crippen LogP contribution is 2.23. The highest BCUT2D eigenvalue weighted by atomic mass is 32.2. The minimum absolute atomic E-state index is 0.00138. The van der Waals surface area contributed by atoms with E-state index in [2.05, 4.69) is 34.7 Å². The van der Waals surface area contributed by atoms with Crippen LogP contribution in [0, 0.1) is 13.8 Å². The van der Waals surface area contributed by atoms with Crippen molar-refractivity contribution in [1.29, 1.82) is 0 Å². The van der Waals surface area contributed by atoms with Crippen molar-refractivity contribution in [3.63, 3.8) is 0 Å². The molecular weight excluding hydrogens is 298 g/mol. The third kappa shape index (κ3) is 3.85. The number of amides is 1. The minimum Gasteiger partial charge on any atom is -0.355 e. The van der Waals surface area contributed by atoms with E-state index in [1.54, 1.807) is 4.68 Å². The van der Waals surface area contributed by atoms with Crippen molar-refractivity contribution in [3.8, 4) is 5.69 Å². The van der Waals surface area contributed by atoms with Crippen molar-refractivity contribution in [2.24, 2.45) is 0 Å². The van der Waals surface area contributed by atoms with Crippen molar-refractivity contribution in [3.05, 3.63) is 29.3 Å². The Morgan fingerprint density at radius 2 is 2.14 bits per heavy atom. The molecule has 2 rings (SSSR count). The lowest BCUT2D eigenvalue weighted by Crippen LogP contribution is -2.31. The van der Waals surface area contributed by atoms with Gasteiger partial charge in [-0.3, -0.25) is 4.79 Å². The Kier molecular flexibility index (Phi) is 5.54. The van der Waals surface area contributed by atoms with Crippen LogP contribution in [0.2, 0.25) is 0 Å². The molecule has 1 aromatic carbocycles. The summed E-state index contributed by atoms with van der Waals surface area (Å²) in [5.41, 5.74) is 3.30. The lowest BCUT2D eigenvalue weighted by Gasteiger charge is -2.11. The zero-order chi connectivity index (χ0) is 16.1. The maximum atomic E-state index is 12.0. The molecule has 1 amide bonds. The molecule has 1 heterocycles. The molecule has 0 aliphatic carbocycles. The van der Waals surface area contributed by atoms with Crippen molar-refractivity contribution < 1.29 is 4.79 Å². The summed E-state index contributed by atoms with van der Waals surface area (Å²) in [6.07, 6.45) is 0.920. The van der Waals surface area contributed by atoms with Gasteiger partial charge in [-0.15, -0.1) is 5.10 Å². The Hall–Kier alpha value is -1.89. The molecule has 0 bridgehead atoms. The molecule has 0 saturated carbocycles. The number of carbonyl (C=O) groups is 1. The van der Waals surface area contributed by atoms with E-state index in [-0.39, 0.29) is 11.2 Å². The van der Waals surface area contributed by atoms with E-state index in [0.717, 1.165) is 12.1 Å². The Morgan fingerprint density at radius 1 is 1.36 bits per heavy atom. The fraction of sp³-hybridized carbons (Fsp3) is 0.467. The van der Waals surface area contributed by atoms with Crippen molar-refractivity contribution in [1.82, 2.24) is 25.5 Å². The van der Waals surface area contributed by atoms with E-state index in [4.69, 9.17) is 0 Å². The van der Waals surface area contributed by atoms with E-state index in [0.29, 0.717) is 11.7 Å². The predicted octanol–water partition coefficient (Wildman–Crippen LogP) is 2.29. The second kappa shape index (κ2) is 7.40. The molecule has 22 heavy (non-hydrogen) atoms. The van der Waals surface area contributed by atoms with Gasteiger partial charge >= 0.3 is 0 Å². The van der Waals surface area contributed by atoms with Gasteiger partial charge in [-0.05, 0) is 60.9 Å². The number of aryl methyl sites for hydroxylation is 2. The van der Waals surface area contributed by atoms with Crippen LogP contribution < -0.4 is 5.32 Å². The average molecular weight is 319 g/mol. The molecular formula is C15H21N5OS. The van der Waals surface area contributed by atoms with E-state index in [1.807, 2.05) is 32.0 Å². The van der Waals surface area contributed by atoms with Crippen LogP contribution in [0.25, 0.3) is 5.69 Å². The third-order valence-electron chi connectivity index (χ3n) is 3.38. The number of thioether (sulfide) groups is 1. The van der Waals surface area contributed by atoms with Crippen LogP contribution in [0.5, 0.6) is 0 Å². The molecule has 1 N–H and O–H groups in total. The molecule has 0 aliphatic rings. The van der Waals surface area contributed by atoms with Gasteiger partial charge in [-0.25, -0.2) is 0 Å². The summed E-state index contributed by atoms with van der Waals surface area (Å²) in [5, 5.41) is 15.1. The van der Waals surface area contributed by atoms with Gasteiger partial charge in [0, 0.05) is 6.54 Å². The first-order chi connectivity index (χ1) is 10.5. The Morgan fingerprint density at radius 3 is 2.82 bits per heavy atom. The van der Waals surface area contributed by atoms with Crippen LogP contribution in [0.4, 0.5) is 0 Å². The highest BCUT2D eigenvalue weighted by Gasteiger charge is 2.18. The summed E-state index contributed by atoms with van der Waals surface area (Å²) in [6.45, 7) is 8.69. The van der Waals surface area contributed by atoms with Gasteiger partial charge in [0.1, 0.15) is 0 Å². The number of carbonyl (C=O) groups excluding carboxylic acids is 1. The van der Waals surface area contributed by atoms with Crippen LogP contribution in [0.3, 0.4) is 0 Å². The van der Waals surface area contributed by atoms with Crippen LogP contribution in [-0.4, -0.2) is 37.9 Å². The molecule has 0 aliphatic heterocycles. The largest absolute Gasteiger partial charge is 0.355 e. The van der Waals surface area contributed by atoms with Crippen molar-refractivity contribution in [2.45, 2.75) is 44.5 Å². The summed E-state index contributed by atoms with van der Waals surface area (Å²) in [6, 6.07) is 6.06. The minimum atomic E-state index is -0.247. The number of tetrazole rings is 1. The average Bonchev–Trinajstić information content (AvgIpc) is 2.95. The van der Waals surface area contributed by atoms with E-state index in [1.165, 1.54) is 22.9 Å². The van der Waals surface area contributed by atoms with Gasteiger partial charge < -0.3 is 5.32 Å². The molecule has 118 valence electrons. The SMILES string of the molecule is CCCNC(=O)[C@@H](C)Sc1nnnn1-c1ccc(C)c(C)c1. The summed E-state index contributed by atoms with van der Waals surface area (Å²) in [7, 11) is 0. The molecule has 0 unspecified atom stereocenters. The first-order valence-corrected chi connectivity index (χ1v) is 8.21. The van der Waals surface area contributed by atoms with Crippen molar-refractivity contribution >= 4 is 17.7 Å². The number of rotatable bonds is 6. The first kappa shape index (κ1) is 16.5. The molecule has 0 fully saturated rings. The highest BCUT2D eigenvalue weighted by molar-refractivity contribution is 8.00. The second-order valence-electron chi connectivity index (χ2n) is 5.19. The number of hydrogen-bond acceptors (Lipinski definition) is 5. The normalized spacial score (nSPS) is 12.2. The molecule has 7 heteroatoms. The fourth-order valence-corrected chi connectivity index (χ4v) is 2.71. The number of hydrogen-bond donors (Lipinski definition) is 1. The summed E-state index contributed by atoms with van der Waals surface area (Å²) in [5.74, 6) is 0.00138. The summed E-state index contributed by atoms with van der Waals surface area (Å²) in [4.78, 5) is 12.0. The predicted molar refractivity (Wildman–Crippen MR) is 87.2 cm³/mol. The Balaban J connectivity index is 2.15. The lowest BCUT2D eigenvalue weighted by atomic mass is 10.1. The van der Waals surface area contributed by atoms with Gasteiger partial charge in [-0.1, -0.05) is 24.8 Å². The molecule has 0 radical (unpaired) electrons. The standard InChI is InChI=1S/C15H21N5OS/c1-5-8-16-14(21)12(4)22-15-17-18-19-20(15)13-7-6-10(2)11(3)9-13/h6-7,9,12H,5,8H2,1-4H3,(H,16,21)/t12-/m1/s1. The van der Waals surface area contributed by atoms with Gasteiger partial charge in [0.15, 0.2) is 0 Å². The maximum absolute atomic E-state index is 12.0. The summed E-state index contributed by atoms with van der Waals surface area (Å²) < 4.78 is 1.67. The number of nitrogens with one attached hydrogen (secondary N) is 1. The number of nitrogens with zero attached hydrogens (tertiary/aromatic N) is 4. The van der Waals surface area contributed by atoms with E-state index >= 15 is 0 Å². The topological polar surface area (TPSA) is 72.7 Å². The molecule has 6 nitrogen and oxygen atoms in total. The Labute approximate surface area is 134 Å². The molecule has 0 spiro atoms. The smallest absolute Gasteiger partial charge is 0.233 e.